The van der Waals surface area contributed by atoms with Crippen LogP contribution < -0.4 is 5.56 Å². The third-order valence-electron chi connectivity index (χ3n) is 4.08. The molecule has 3 nitrogen and oxygen atoms in total. The number of halogens is 1. The van der Waals surface area contributed by atoms with Crippen LogP contribution in [-0.4, -0.2) is 9.55 Å². The fraction of sp³-hybridized carbons (Fsp3) is 0.467. The number of aromatic amines is 1. The quantitative estimate of drug-likeness (QED) is 0.617. The average Bonchev–Trinajstić information content (AvgIpc) is 2.69. The van der Waals surface area contributed by atoms with Gasteiger partial charge in [-0.15, -0.1) is 0 Å². The molecule has 1 saturated carbocycles. The van der Waals surface area contributed by atoms with E-state index in [9.17, 15) is 4.79 Å². The van der Waals surface area contributed by atoms with Gasteiger partial charge in [0.15, 0.2) is 4.77 Å². The van der Waals surface area contributed by atoms with E-state index in [0.717, 1.165) is 18.4 Å². The Kier molecular flexibility index (Phi) is 3.94. The van der Waals surface area contributed by atoms with Gasteiger partial charge in [-0.25, -0.2) is 0 Å². The summed E-state index contributed by atoms with van der Waals surface area (Å²) in [5.74, 6) is 0. The SMILES string of the molecule is O=c1c2cc(Cl)ccc2[nH]c(=S)n1C1CCCCCC1. The van der Waals surface area contributed by atoms with Crippen LogP contribution in [0, 0.1) is 4.77 Å². The van der Waals surface area contributed by atoms with Crippen LogP contribution in [0.4, 0.5) is 0 Å². The number of hydrogen-bond acceptors (Lipinski definition) is 2. The Morgan fingerprint density at radius 1 is 1.20 bits per heavy atom. The molecule has 0 amide bonds. The smallest absolute Gasteiger partial charge is 0.262 e. The van der Waals surface area contributed by atoms with Crippen molar-refractivity contribution in [1.82, 2.24) is 9.55 Å². The number of rotatable bonds is 1. The average molecular weight is 309 g/mol. The summed E-state index contributed by atoms with van der Waals surface area (Å²) in [4.78, 5) is 15.9. The summed E-state index contributed by atoms with van der Waals surface area (Å²) in [5, 5.41) is 1.20. The predicted molar refractivity (Wildman–Crippen MR) is 85.1 cm³/mol. The second-order valence-corrected chi connectivity index (χ2v) is 6.26. The normalized spacial score (nSPS) is 17.2. The number of fused-ring (bicyclic) bond motifs is 1. The van der Waals surface area contributed by atoms with Crippen molar-refractivity contribution in [2.75, 3.05) is 0 Å². The summed E-state index contributed by atoms with van der Waals surface area (Å²) >= 11 is 11.4. The molecule has 2 aromatic rings. The highest BCUT2D eigenvalue weighted by atomic mass is 35.5. The van der Waals surface area contributed by atoms with Gasteiger partial charge in [0.25, 0.3) is 5.56 Å². The first-order valence-corrected chi connectivity index (χ1v) is 7.89. The molecule has 106 valence electrons. The molecule has 0 saturated heterocycles. The molecular weight excluding hydrogens is 292 g/mol. The highest BCUT2D eigenvalue weighted by Gasteiger charge is 2.18. The van der Waals surface area contributed by atoms with Gasteiger partial charge in [-0.3, -0.25) is 9.36 Å². The lowest BCUT2D eigenvalue weighted by Gasteiger charge is -2.18. The summed E-state index contributed by atoms with van der Waals surface area (Å²) in [6.07, 6.45) is 6.90. The lowest BCUT2D eigenvalue weighted by atomic mass is 10.1. The zero-order chi connectivity index (χ0) is 14.1. The molecule has 0 radical (unpaired) electrons. The number of aromatic nitrogens is 2. The van der Waals surface area contributed by atoms with E-state index >= 15 is 0 Å². The molecule has 1 aliphatic rings. The maximum Gasteiger partial charge on any atom is 0.262 e. The zero-order valence-corrected chi connectivity index (χ0v) is 12.8. The highest BCUT2D eigenvalue weighted by molar-refractivity contribution is 7.71. The van der Waals surface area contributed by atoms with E-state index in [2.05, 4.69) is 4.98 Å². The fourth-order valence-electron chi connectivity index (χ4n) is 3.05. The molecule has 1 fully saturated rings. The van der Waals surface area contributed by atoms with E-state index in [4.69, 9.17) is 23.8 Å². The van der Waals surface area contributed by atoms with Gasteiger partial charge in [-0.05, 0) is 43.3 Å². The second kappa shape index (κ2) is 5.70. The Hall–Kier alpha value is -1.13. The zero-order valence-electron chi connectivity index (χ0n) is 11.2. The van der Waals surface area contributed by atoms with Gasteiger partial charge in [0, 0.05) is 11.1 Å². The number of nitrogens with one attached hydrogen (secondary N) is 1. The van der Waals surface area contributed by atoms with E-state index in [1.54, 1.807) is 16.7 Å². The van der Waals surface area contributed by atoms with Crippen molar-refractivity contribution in [2.24, 2.45) is 0 Å². The maximum absolute atomic E-state index is 12.7. The minimum absolute atomic E-state index is 0.0156. The summed E-state index contributed by atoms with van der Waals surface area (Å²) in [5.41, 5.74) is 0.743. The summed E-state index contributed by atoms with van der Waals surface area (Å²) < 4.78 is 2.29. The summed E-state index contributed by atoms with van der Waals surface area (Å²) in [6.45, 7) is 0. The van der Waals surface area contributed by atoms with Crippen molar-refractivity contribution in [2.45, 2.75) is 44.6 Å². The van der Waals surface area contributed by atoms with Crippen LogP contribution in [0.5, 0.6) is 0 Å². The first kappa shape index (κ1) is 13.8. The Morgan fingerprint density at radius 3 is 2.60 bits per heavy atom. The van der Waals surface area contributed by atoms with Crippen LogP contribution in [0.2, 0.25) is 5.02 Å². The first-order valence-electron chi connectivity index (χ1n) is 7.11. The third kappa shape index (κ3) is 2.54. The topological polar surface area (TPSA) is 37.8 Å². The molecule has 1 N–H and O–H groups in total. The lowest BCUT2D eigenvalue weighted by Crippen LogP contribution is -2.26. The molecule has 0 bridgehead atoms. The van der Waals surface area contributed by atoms with Gasteiger partial charge >= 0.3 is 0 Å². The molecule has 1 heterocycles. The minimum Gasteiger partial charge on any atom is -0.332 e. The monoisotopic (exact) mass is 308 g/mol. The summed E-state index contributed by atoms with van der Waals surface area (Å²) in [6, 6.07) is 5.52. The fourth-order valence-corrected chi connectivity index (χ4v) is 3.56. The van der Waals surface area contributed by atoms with Crippen LogP contribution in [0.1, 0.15) is 44.6 Å². The van der Waals surface area contributed by atoms with Gasteiger partial charge in [-0.2, -0.15) is 0 Å². The largest absolute Gasteiger partial charge is 0.332 e. The van der Waals surface area contributed by atoms with Crippen molar-refractivity contribution in [3.8, 4) is 0 Å². The van der Waals surface area contributed by atoms with E-state index in [0.29, 0.717) is 15.2 Å². The van der Waals surface area contributed by atoms with Gasteiger partial charge in [0.2, 0.25) is 0 Å². The second-order valence-electron chi connectivity index (χ2n) is 5.44. The molecule has 0 atom stereocenters. The summed E-state index contributed by atoms with van der Waals surface area (Å²) in [7, 11) is 0. The molecule has 3 rings (SSSR count). The van der Waals surface area contributed by atoms with Gasteiger partial charge < -0.3 is 4.98 Å². The molecular formula is C15H17ClN2OS. The number of benzene rings is 1. The van der Waals surface area contributed by atoms with Crippen molar-refractivity contribution in [3.05, 3.63) is 38.3 Å². The van der Waals surface area contributed by atoms with Crippen molar-refractivity contribution >= 4 is 34.7 Å². The highest BCUT2D eigenvalue weighted by Crippen LogP contribution is 2.26. The molecule has 0 spiro atoms. The van der Waals surface area contributed by atoms with Gasteiger partial charge in [-0.1, -0.05) is 37.3 Å². The Morgan fingerprint density at radius 2 is 1.90 bits per heavy atom. The van der Waals surface area contributed by atoms with E-state index < -0.39 is 0 Å². The van der Waals surface area contributed by atoms with Crippen molar-refractivity contribution in [3.63, 3.8) is 0 Å². The predicted octanol–water partition coefficient (Wildman–Crippen LogP) is 4.61. The number of nitrogens with zero attached hydrogens (tertiary/aromatic N) is 1. The number of hydrogen-bond donors (Lipinski definition) is 1. The van der Waals surface area contributed by atoms with Gasteiger partial charge in [0.05, 0.1) is 10.9 Å². The van der Waals surface area contributed by atoms with Crippen molar-refractivity contribution < 1.29 is 0 Å². The molecule has 20 heavy (non-hydrogen) atoms. The Bertz CT molecular complexity index is 742. The lowest BCUT2D eigenvalue weighted by molar-refractivity contribution is 0.425. The van der Waals surface area contributed by atoms with Crippen LogP contribution in [0.25, 0.3) is 10.9 Å². The first-order chi connectivity index (χ1) is 9.66. The Labute approximate surface area is 127 Å². The van der Waals surface area contributed by atoms with Crippen LogP contribution in [-0.2, 0) is 0 Å². The standard InChI is InChI=1S/C15H17ClN2OS/c16-10-7-8-13-12(9-10)14(19)18(15(20)17-13)11-5-3-1-2-4-6-11/h7-9,11H,1-6H2,(H,17,20). The minimum atomic E-state index is -0.0156. The van der Waals surface area contributed by atoms with Crippen LogP contribution in [0.3, 0.4) is 0 Å². The molecule has 5 heteroatoms. The van der Waals surface area contributed by atoms with Crippen LogP contribution >= 0.6 is 23.8 Å². The molecule has 1 aromatic carbocycles. The third-order valence-corrected chi connectivity index (χ3v) is 4.61. The van der Waals surface area contributed by atoms with E-state index in [1.807, 2.05) is 6.07 Å². The molecule has 0 unspecified atom stereocenters. The number of H-pyrrole nitrogens is 1. The van der Waals surface area contributed by atoms with E-state index in [-0.39, 0.29) is 11.6 Å². The maximum atomic E-state index is 12.7. The van der Waals surface area contributed by atoms with Crippen molar-refractivity contribution in [1.29, 1.82) is 0 Å². The molecule has 1 aromatic heterocycles. The van der Waals surface area contributed by atoms with E-state index in [1.165, 1.54) is 25.7 Å². The molecule has 1 aliphatic carbocycles. The Balaban J connectivity index is 2.19. The molecule has 0 aliphatic heterocycles. The van der Waals surface area contributed by atoms with Crippen LogP contribution in [0.15, 0.2) is 23.0 Å². The van der Waals surface area contributed by atoms with Gasteiger partial charge in [0.1, 0.15) is 0 Å².